The second kappa shape index (κ2) is 8.30. The zero-order valence-electron chi connectivity index (χ0n) is 25.1. The molecule has 0 aliphatic carbocycles. The Morgan fingerprint density at radius 1 is 0.914 bits per heavy atom. The molecule has 0 amide bonds. The van der Waals surface area contributed by atoms with Crippen LogP contribution in [0.2, 0.25) is 0 Å². The van der Waals surface area contributed by atoms with Crippen molar-refractivity contribution in [2.75, 3.05) is 0 Å². The van der Waals surface area contributed by atoms with E-state index >= 15 is 0 Å². The summed E-state index contributed by atoms with van der Waals surface area (Å²) in [5, 5.41) is 0. The molecule has 6 rings (SSSR count). The molecule has 0 N–H and O–H groups in total. The first-order valence-electron chi connectivity index (χ1n) is 14.5. The minimum absolute atomic E-state index is 0.0859. The Balaban J connectivity index is 1.47. The quantitative estimate of drug-likeness (QED) is 0.283. The fourth-order valence-electron chi connectivity index (χ4n) is 4.94. The number of para-hydroxylation sites is 2. The average molecular weight is 464 g/mol. The van der Waals surface area contributed by atoms with Crippen LogP contribution in [-0.4, -0.2) is 11.7 Å². The molecule has 2 aliphatic heterocycles. The number of aromatic nitrogens is 1. The number of hydrogen-bond acceptors (Lipinski definition) is 3. The highest BCUT2D eigenvalue weighted by Crippen LogP contribution is 2.39. The summed E-state index contributed by atoms with van der Waals surface area (Å²) in [5.41, 5.74) is 4.17. The molecule has 174 valence electrons. The lowest BCUT2D eigenvalue weighted by molar-refractivity contribution is 0.352. The van der Waals surface area contributed by atoms with Gasteiger partial charge in [-0.25, -0.2) is 0 Å². The SMILES string of the molecule is [2H]C([2H])([2H])C(CC([2H])([2H])C(C)(C)C)c1ccnc(-c2cccc3c2Oc2cccc4c2B3c2ccccc2O4)c1. The lowest BCUT2D eigenvalue weighted by Crippen LogP contribution is -2.57. The van der Waals surface area contributed by atoms with E-state index in [0.717, 1.165) is 33.5 Å². The first kappa shape index (κ1) is 17.0. The highest BCUT2D eigenvalue weighted by molar-refractivity contribution is 6.98. The summed E-state index contributed by atoms with van der Waals surface area (Å²) in [5.74, 6) is 1.98. The van der Waals surface area contributed by atoms with E-state index in [9.17, 15) is 0 Å². The van der Waals surface area contributed by atoms with E-state index in [1.807, 2.05) is 48.5 Å². The van der Waals surface area contributed by atoms with Gasteiger partial charge in [-0.2, -0.15) is 0 Å². The van der Waals surface area contributed by atoms with Crippen LogP contribution in [0.3, 0.4) is 0 Å². The molecule has 0 radical (unpaired) electrons. The Hall–Kier alpha value is -3.53. The van der Waals surface area contributed by atoms with Crippen molar-refractivity contribution in [1.29, 1.82) is 0 Å². The van der Waals surface area contributed by atoms with Crippen molar-refractivity contribution < 1.29 is 16.3 Å². The van der Waals surface area contributed by atoms with Gasteiger partial charge in [-0.1, -0.05) is 64.0 Å². The minimum atomic E-state index is -2.38. The second-order valence-electron chi connectivity index (χ2n) is 10.2. The summed E-state index contributed by atoms with van der Waals surface area (Å²) in [7, 11) is 0. The van der Waals surface area contributed by atoms with Crippen molar-refractivity contribution in [3.8, 4) is 34.3 Å². The summed E-state index contributed by atoms with van der Waals surface area (Å²) >= 11 is 0. The fraction of sp³-hybridized carbons (Fsp3) is 0.258. The Labute approximate surface area is 215 Å². The van der Waals surface area contributed by atoms with E-state index in [-0.39, 0.29) is 13.1 Å². The fourth-order valence-corrected chi connectivity index (χ4v) is 4.94. The molecular weight excluding hydrogens is 429 g/mol. The van der Waals surface area contributed by atoms with Gasteiger partial charge in [0, 0.05) is 24.1 Å². The van der Waals surface area contributed by atoms with Gasteiger partial charge in [0.2, 0.25) is 0 Å². The van der Waals surface area contributed by atoms with Crippen molar-refractivity contribution in [3.05, 3.63) is 84.6 Å². The van der Waals surface area contributed by atoms with E-state index in [2.05, 4.69) is 17.1 Å². The van der Waals surface area contributed by atoms with Gasteiger partial charge in [-0.15, -0.1) is 0 Å². The van der Waals surface area contributed by atoms with Gasteiger partial charge in [0.05, 0.1) is 5.69 Å². The first-order chi connectivity index (χ1) is 18.8. The van der Waals surface area contributed by atoms with Crippen molar-refractivity contribution in [2.45, 2.75) is 46.3 Å². The summed E-state index contributed by atoms with van der Waals surface area (Å²) in [4.78, 5) is 4.63. The molecule has 3 heterocycles. The van der Waals surface area contributed by atoms with Gasteiger partial charge in [0.25, 0.3) is 6.71 Å². The molecule has 3 nitrogen and oxygen atoms in total. The molecular formula is C31H30BNO2. The van der Waals surface area contributed by atoms with Gasteiger partial charge in [0.1, 0.15) is 23.0 Å². The van der Waals surface area contributed by atoms with E-state index in [0.29, 0.717) is 22.8 Å². The van der Waals surface area contributed by atoms with Crippen LogP contribution in [0.25, 0.3) is 11.3 Å². The Morgan fingerprint density at radius 2 is 1.66 bits per heavy atom. The molecule has 3 aromatic carbocycles. The molecule has 4 heteroatoms. The third kappa shape index (κ3) is 3.91. The maximum atomic E-state index is 8.65. The smallest absolute Gasteiger partial charge is 0.260 e. The molecule has 4 aromatic rings. The molecule has 1 atom stereocenters. The maximum absolute atomic E-state index is 8.65. The first-order valence-corrected chi connectivity index (χ1v) is 12.0. The summed E-state index contributed by atoms with van der Waals surface area (Å²) < 4.78 is 54.9. The van der Waals surface area contributed by atoms with Crippen molar-refractivity contribution in [3.63, 3.8) is 0 Å². The van der Waals surface area contributed by atoms with Gasteiger partial charge in [0.15, 0.2) is 0 Å². The molecule has 0 saturated heterocycles. The van der Waals surface area contributed by atoms with Crippen LogP contribution in [0.5, 0.6) is 23.0 Å². The average Bonchev–Trinajstić information content (AvgIpc) is 2.90. The number of rotatable bonds is 4. The zero-order valence-corrected chi connectivity index (χ0v) is 20.1. The predicted molar refractivity (Wildman–Crippen MR) is 144 cm³/mol. The lowest BCUT2D eigenvalue weighted by Gasteiger charge is -2.33. The number of hydrogen-bond donors (Lipinski definition) is 0. The monoisotopic (exact) mass is 464 g/mol. The highest BCUT2D eigenvalue weighted by atomic mass is 16.5. The van der Waals surface area contributed by atoms with Crippen LogP contribution in [-0.2, 0) is 0 Å². The normalized spacial score (nSPS) is 17.1. The third-order valence-electron chi connectivity index (χ3n) is 6.63. The van der Waals surface area contributed by atoms with Gasteiger partial charge < -0.3 is 9.47 Å². The Bertz CT molecular complexity index is 1610. The van der Waals surface area contributed by atoms with Crippen molar-refractivity contribution in [2.24, 2.45) is 5.41 Å². The van der Waals surface area contributed by atoms with Crippen LogP contribution in [0, 0.1) is 5.41 Å². The molecule has 0 fully saturated rings. The van der Waals surface area contributed by atoms with Crippen LogP contribution >= 0.6 is 0 Å². The van der Waals surface area contributed by atoms with Gasteiger partial charge in [-0.3, -0.25) is 4.98 Å². The van der Waals surface area contributed by atoms with E-state index in [1.54, 1.807) is 39.1 Å². The highest BCUT2D eigenvalue weighted by Gasteiger charge is 2.40. The number of pyridine rings is 1. The summed E-state index contributed by atoms with van der Waals surface area (Å²) in [6.07, 6.45) is -0.217. The van der Waals surface area contributed by atoms with Gasteiger partial charge >= 0.3 is 0 Å². The largest absolute Gasteiger partial charge is 0.458 e. The molecule has 1 unspecified atom stereocenters. The lowest BCUT2D eigenvalue weighted by atomic mass is 9.34. The molecule has 2 aliphatic rings. The number of fused-ring (bicyclic) bond motifs is 4. The summed E-state index contributed by atoms with van der Waals surface area (Å²) in [6.45, 7) is 2.93. The number of benzene rings is 3. The second-order valence-corrected chi connectivity index (χ2v) is 10.2. The number of nitrogens with zero attached hydrogens (tertiary/aromatic N) is 1. The van der Waals surface area contributed by atoms with Crippen LogP contribution < -0.4 is 25.9 Å². The maximum Gasteiger partial charge on any atom is 0.260 e. The summed E-state index contributed by atoms with van der Waals surface area (Å²) in [6, 6.07) is 23.2. The van der Waals surface area contributed by atoms with Crippen molar-refractivity contribution >= 4 is 23.1 Å². The number of ether oxygens (including phenoxy) is 2. The third-order valence-corrected chi connectivity index (χ3v) is 6.63. The Kier molecular flexibility index (Phi) is 4.03. The molecule has 0 spiro atoms. The van der Waals surface area contributed by atoms with Crippen molar-refractivity contribution in [1.82, 2.24) is 4.98 Å². The van der Waals surface area contributed by atoms with E-state index in [4.69, 9.17) is 16.3 Å². The topological polar surface area (TPSA) is 31.4 Å². The molecule has 35 heavy (non-hydrogen) atoms. The van der Waals surface area contributed by atoms with Crippen LogP contribution in [0.4, 0.5) is 0 Å². The standard InChI is InChI=1S/C31H30BNO2/c1-20(15-17-31(2,3)4)21-16-18-33-25(19-21)22-9-7-11-24-30(22)35-28-14-8-13-27-29(28)32(24)23-10-5-6-12-26(23)34-27/h5-14,16,18-20H,15,17H2,1-4H3/i1D3,17D2. The van der Waals surface area contributed by atoms with Crippen LogP contribution in [0.15, 0.2) is 79.0 Å². The molecule has 0 saturated carbocycles. The molecule has 0 bridgehead atoms. The van der Waals surface area contributed by atoms with E-state index < -0.39 is 24.6 Å². The molecule has 1 aromatic heterocycles. The predicted octanol–water partition coefficient (Wildman–Crippen LogP) is 6.41. The minimum Gasteiger partial charge on any atom is -0.458 e. The Morgan fingerprint density at radius 3 is 2.49 bits per heavy atom. The zero-order chi connectivity index (χ0) is 28.4. The van der Waals surface area contributed by atoms with Crippen LogP contribution in [0.1, 0.15) is 58.8 Å². The van der Waals surface area contributed by atoms with E-state index in [1.165, 1.54) is 0 Å². The van der Waals surface area contributed by atoms with Gasteiger partial charge in [-0.05, 0) is 77.0 Å².